The van der Waals surface area contributed by atoms with Gasteiger partial charge < -0.3 is 4.74 Å². The standard InChI is InChI=1S/C26H31NO2/c1-2-3-4-20-5-7-21(8-6-20)11-18-26(28)29-25-16-14-24(15-17-25)23-12-9-22(19-27)10-13-23/h9-10,12-17,20-21H,2-8,11,18H2,1H3. The molecule has 0 spiro atoms. The SMILES string of the molecule is CCCCC1CCC(CCC(=O)Oc2ccc(-c3ccc(C#N)cc3)cc2)CC1. The Kier molecular flexibility index (Phi) is 7.87. The maximum atomic E-state index is 12.2. The van der Waals surface area contributed by atoms with Gasteiger partial charge in [-0.2, -0.15) is 5.26 Å². The average Bonchev–Trinajstić information content (AvgIpc) is 2.77. The summed E-state index contributed by atoms with van der Waals surface area (Å²) in [7, 11) is 0. The second-order valence-electron chi connectivity index (χ2n) is 8.26. The molecule has 3 rings (SSSR count). The summed E-state index contributed by atoms with van der Waals surface area (Å²) in [5, 5.41) is 8.89. The molecule has 0 amide bonds. The minimum atomic E-state index is -0.135. The monoisotopic (exact) mass is 389 g/mol. The van der Waals surface area contributed by atoms with Crippen LogP contribution in [0.2, 0.25) is 0 Å². The van der Waals surface area contributed by atoms with Crippen molar-refractivity contribution in [1.29, 1.82) is 5.26 Å². The normalized spacial score (nSPS) is 18.8. The number of hydrogen-bond acceptors (Lipinski definition) is 3. The number of hydrogen-bond donors (Lipinski definition) is 0. The van der Waals surface area contributed by atoms with Crippen LogP contribution in [0.25, 0.3) is 11.1 Å². The molecular weight excluding hydrogens is 358 g/mol. The number of benzene rings is 2. The summed E-state index contributed by atoms with van der Waals surface area (Å²) < 4.78 is 5.53. The molecule has 0 heterocycles. The average molecular weight is 390 g/mol. The van der Waals surface area contributed by atoms with Gasteiger partial charge in [-0.3, -0.25) is 4.79 Å². The van der Waals surface area contributed by atoms with Gasteiger partial charge in [-0.15, -0.1) is 0 Å². The maximum absolute atomic E-state index is 12.2. The van der Waals surface area contributed by atoms with E-state index in [9.17, 15) is 4.79 Å². The van der Waals surface area contributed by atoms with Crippen LogP contribution in [0.1, 0.15) is 70.3 Å². The third-order valence-electron chi connectivity index (χ3n) is 6.12. The van der Waals surface area contributed by atoms with Gasteiger partial charge in [0.05, 0.1) is 11.6 Å². The third kappa shape index (κ3) is 6.46. The molecule has 0 atom stereocenters. The van der Waals surface area contributed by atoms with Crippen LogP contribution in [-0.2, 0) is 4.79 Å². The van der Waals surface area contributed by atoms with Crippen molar-refractivity contribution in [2.75, 3.05) is 0 Å². The third-order valence-corrected chi connectivity index (χ3v) is 6.12. The van der Waals surface area contributed by atoms with Gasteiger partial charge in [0.25, 0.3) is 0 Å². The molecule has 3 nitrogen and oxygen atoms in total. The number of esters is 1. The zero-order valence-electron chi connectivity index (χ0n) is 17.4. The highest BCUT2D eigenvalue weighted by Crippen LogP contribution is 2.34. The van der Waals surface area contributed by atoms with E-state index in [-0.39, 0.29) is 5.97 Å². The minimum Gasteiger partial charge on any atom is -0.427 e. The smallest absolute Gasteiger partial charge is 0.311 e. The van der Waals surface area contributed by atoms with Gasteiger partial charge in [-0.25, -0.2) is 0 Å². The molecule has 29 heavy (non-hydrogen) atoms. The lowest BCUT2D eigenvalue weighted by molar-refractivity contribution is -0.134. The molecule has 2 aromatic rings. The molecule has 2 aromatic carbocycles. The van der Waals surface area contributed by atoms with Crippen molar-refractivity contribution < 1.29 is 9.53 Å². The van der Waals surface area contributed by atoms with Crippen LogP contribution < -0.4 is 4.74 Å². The Hall–Kier alpha value is -2.60. The van der Waals surface area contributed by atoms with Crippen molar-refractivity contribution in [1.82, 2.24) is 0 Å². The number of unbranched alkanes of at least 4 members (excludes halogenated alkanes) is 1. The number of rotatable bonds is 8. The summed E-state index contributed by atoms with van der Waals surface area (Å²) in [5.74, 6) is 2.05. The van der Waals surface area contributed by atoms with Crippen molar-refractivity contribution in [3.8, 4) is 22.9 Å². The molecule has 0 N–H and O–H groups in total. The predicted octanol–water partition coefficient (Wildman–Crippen LogP) is 6.91. The lowest BCUT2D eigenvalue weighted by Crippen LogP contribution is -2.17. The first kappa shape index (κ1) is 21.1. The van der Waals surface area contributed by atoms with E-state index >= 15 is 0 Å². The fourth-order valence-corrected chi connectivity index (χ4v) is 4.26. The Morgan fingerprint density at radius 2 is 1.48 bits per heavy atom. The van der Waals surface area contributed by atoms with Crippen LogP contribution in [0.5, 0.6) is 5.75 Å². The largest absolute Gasteiger partial charge is 0.427 e. The van der Waals surface area contributed by atoms with Crippen molar-refractivity contribution in [2.45, 2.75) is 64.7 Å². The highest BCUT2D eigenvalue weighted by Gasteiger charge is 2.21. The molecule has 1 saturated carbocycles. The number of carbonyl (C=O) groups is 1. The van der Waals surface area contributed by atoms with Crippen LogP contribution in [0.15, 0.2) is 48.5 Å². The molecular formula is C26H31NO2. The molecule has 1 fully saturated rings. The first-order chi connectivity index (χ1) is 14.2. The van der Waals surface area contributed by atoms with E-state index < -0.39 is 0 Å². The maximum Gasteiger partial charge on any atom is 0.311 e. The van der Waals surface area contributed by atoms with Crippen molar-refractivity contribution >= 4 is 5.97 Å². The molecule has 0 bridgehead atoms. The fraction of sp³-hybridized carbons (Fsp3) is 0.462. The molecule has 1 aliphatic rings. The first-order valence-electron chi connectivity index (χ1n) is 11.0. The molecule has 0 unspecified atom stereocenters. The van der Waals surface area contributed by atoms with E-state index in [0.29, 0.717) is 23.7 Å². The van der Waals surface area contributed by atoms with E-state index in [1.54, 1.807) is 12.1 Å². The Morgan fingerprint density at radius 3 is 2.03 bits per heavy atom. The van der Waals surface area contributed by atoms with Gasteiger partial charge in [0.2, 0.25) is 0 Å². The van der Waals surface area contributed by atoms with Crippen LogP contribution in [0.3, 0.4) is 0 Å². The van der Waals surface area contributed by atoms with Crippen molar-refractivity contribution in [2.24, 2.45) is 11.8 Å². The highest BCUT2D eigenvalue weighted by atomic mass is 16.5. The molecule has 0 aliphatic heterocycles. The molecule has 0 aromatic heterocycles. The van der Waals surface area contributed by atoms with Gasteiger partial charge in [-0.1, -0.05) is 76.1 Å². The number of ether oxygens (including phenoxy) is 1. The summed E-state index contributed by atoms with van der Waals surface area (Å²) >= 11 is 0. The lowest BCUT2D eigenvalue weighted by atomic mass is 9.78. The summed E-state index contributed by atoms with van der Waals surface area (Å²) in [6, 6.07) is 17.2. The molecule has 1 aliphatic carbocycles. The number of carbonyl (C=O) groups excluding carboxylic acids is 1. The Bertz CT molecular complexity index is 809. The fourth-order valence-electron chi connectivity index (χ4n) is 4.26. The van der Waals surface area contributed by atoms with Crippen molar-refractivity contribution in [3.05, 3.63) is 54.1 Å². The highest BCUT2D eigenvalue weighted by molar-refractivity contribution is 5.73. The molecule has 152 valence electrons. The lowest BCUT2D eigenvalue weighted by Gasteiger charge is -2.28. The Labute approximate surface area is 174 Å². The topological polar surface area (TPSA) is 50.1 Å². The van der Waals surface area contributed by atoms with Crippen molar-refractivity contribution in [3.63, 3.8) is 0 Å². The van der Waals surface area contributed by atoms with Crippen LogP contribution in [0, 0.1) is 23.2 Å². The van der Waals surface area contributed by atoms with E-state index in [0.717, 1.165) is 23.5 Å². The quantitative estimate of drug-likeness (QED) is 0.364. The summed E-state index contributed by atoms with van der Waals surface area (Å²) in [4.78, 5) is 12.2. The van der Waals surface area contributed by atoms with Gasteiger partial charge in [0.1, 0.15) is 5.75 Å². The first-order valence-corrected chi connectivity index (χ1v) is 11.0. The predicted molar refractivity (Wildman–Crippen MR) is 116 cm³/mol. The van der Waals surface area contributed by atoms with Gasteiger partial charge in [0, 0.05) is 6.42 Å². The second-order valence-corrected chi connectivity index (χ2v) is 8.26. The molecule has 0 radical (unpaired) electrons. The van der Waals surface area contributed by atoms with Crippen LogP contribution in [0.4, 0.5) is 0 Å². The number of nitriles is 1. The second kappa shape index (κ2) is 10.8. The van der Waals surface area contributed by atoms with Gasteiger partial charge >= 0.3 is 5.97 Å². The summed E-state index contributed by atoms with van der Waals surface area (Å²) in [6.07, 6.45) is 10.7. The van der Waals surface area contributed by atoms with Crippen LogP contribution in [-0.4, -0.2) is 5.97 Å². The van der Waals surface area contributed by atoms with Gasteiger partial charge in [0.15, 0.2) is 0 Å². The molecule has 3 heteroatoms. The molecule has 0 saturated heterocycles. The Morgan fingerprint density at radius 1 is 0.931 bits per heavy atom. The zero-order valence-corrected chi connectivity index (χ0v) is 17.4. The van der Waals surface area contributed by atoms with E-state index in [1.807, 2.05) is 36.4 Å². The minimum absolute atomic E-state index is 0.135. The summed E-state index contributed by atoms with van der Waals surface area (Å²) in [6.45, 7) is 2.26. The van der Waals surface area contributed by atoms with Gasteiger partial charge in [-0.05, 0) is 53.6 Å². The van der Waals surface area contributed by atoms with E-state index in [4.69, 9.17) is 10.00 Å². The van der Waals surface area contributed by atoms with Crippen LogP contribution >= 0.6 is 0 Å². The summed E-state index contributed by atoms with van der Waals surface area (Å²) in [5.41, 5.74) is 2.72. The Balaban J connectivity index is 1.42. The zero-order chi connectivity index (χ0) is 20.5. The van der Waals surface area contributed by atoms with E-state index in [1.165, 1.54) is 44.9 Å². The number of nitrogens with zero attached hydrogens (tertiary/aromatic N) is 1. The van der Waals surface area contributed by atoms with E-state index in [2.05, 4.69) is 13.0 Å².